The number of ether oxygens (including phenoxy) is 1. The monoisotopic (exact) mass is 389 g/mol. The Morgan fingerprint density at radius 3 is 2.52 bits per heavy atom. The minimum atomic E-state index is 0.111. The normalized spacial score (nSPS) is 26.9. The van der Waals surface area contributed by atoms with Crippen molar-refractivity contribution in [1.82, 2.24) is 24.4 Å². The summed E-state index contributed by atoms with van der Waals surface area (Å²) in [7, 11) is 0. The SMILES string of the molecule is Cc1nccn1[C@H]1C[C@H]2CN(Cc3ccncc3)C[C@H]2C[C@@H]1Oc1ccccn1. The van der Waals surface area contributed by atoms with E-state index in [0.717, 1.165) is 38.3 Å². The summed E-state index contributed by atoms with van der Waals surface area (Å²) in [6, 6.07) is 10.4. The van der Waals surface area contributed by atoms with Gasteiger partial charge in [-0.1, -0.05) is 6.07 Å². The molecule has 0 amide bonds. The molecule has 2 fully saturated rings. The third-order valence-corrected chi connectivity index (χ3v) is 6.45. The molecule has 0 unspecified atom stereocenters. The number of imidazole rings is 1. The van der Waals surface area contributed by atoms with Gasteiger partial charge in [-0.05, 0) is 55.4 Å². The van der Waals surface area contributed by atoms with Crippen LogP contribution in [0.4, 0.5) is 0 Å². The molecular formula is C23H27N5O. The van der Waals surface area contributed by atoms with E-state index in [2.05, 4.69) is 49.7 Å². The molecule has 0 spiro atoms. The van der Waals surface area contributed by atoms with Crippen LogP contribution in [0.25, 0.3) is 0 Å². The summed E-state index contributed by atoms with van der Waals surface area (Å²) in [5.74, 6) is 3.11. The van der Waals surface area contributed by atoms with Gasteiger partial charge in [0.1, 0.15) is 11.9 Å². The number of nitrogens with zero attached hydrogens (tertiary/aromatic N) is 5. The molecule has 4 atom stereocenters. The molecule has 4 heterocycles. The summed E-state index contributed by atoms with van der Waals surface area (Å²) >= 11 is 0. The third kappa shape index (κ3) is 3.90. The second-order valence-corrected chi connectivity index (χ2v) is 8.31. The van der Waals surface area contributed by atoms with Gasteiger partial charge in [-0.25, -0.2) is 9.97 Å². The Morgan fingerprint density at radius 2 is 1.79 bits per heavy atom. The fraction of sp³-hybridized carbons (Fsp3) is 0.435. The number of rotatable bonds is 5. The molecule has 1 saturated heterocycles. The van der Waals surface area contributed by atoms with Crippen molar-refractivity contribution >= 4 is 0 Å². The van der Waals surface area contributed by atoms with Crippen LogP contribution in [0, 0.1) is 18.8 Å². The van der Waals surface area contributed by atoms with E-state index in [1.54, 1.807) is 6.20 Å². The average Bonchev–Trinajstić information content (AvgIpc) is 3.34. The maximum absolute atomic E-state index is 6.42. The molecule has 5 rings (SSSR count). The summed E-state index contributed by atoms with van der Waals surface area (Å²) < 4.78 is 8.72. The van der Waals surface area contributed by atoms with Crippen LogP contribution in [-0.4, -0.2) is 43.6 Å². The smallest absolute Gasteiger partial charge is 0.213 e. The lowest BCUT2D eigenvalue weighted by atomic mass is 9.77. The molecular weight excluding hydrogens is 362 g/mol. The summed E-state index contributed by atoms with van der Waals surface area (Å²) in [5, 5.41) is 0. The van der Waals surface area contributed by atoms with E-state index in [9.17, 15) is 0 Å². The van der Waals surface area contributed by atoms with Crippen LogP contribution >= 0.6 is 0 Å². The first kappa shape index (κ1) is 18.3. The van der Waals surface area contributed by atoms with Crippen molar-refractivity contribution in [3.05, 3.63) is 72.7 Å². The van der Waals surface area contributed by atoms with E-state index >= 15 is 0 Å². The quantitative estimate of drug-likeness (QED) is 0.668. The van der Waals surface area contributed by atoms with Gasteiger partial charge in [-0.2, -0.15) is 0 Å². The molecule has 6 heteroatoms. The van der Waals surface area contributed by atoms with Gasteiger partial charge >= 0.3 is 0 Å². The Hall–Kier alpha value is -2.73. The Kier molecular flexibility index (Phi) is 5.02. The van der Waals surface area contributed by atoms with Gasteiger partial charge in [0.2, 0.25) is 5.88 Å². The summed E-state index contributed by atoms with van der Waals surface area (Å²) in [6.07, 6.45) is 11.8. The third-order valence-electron chi connectivity index (χ3n) is 6.45. The predicted octanol–water partition coefficient (Wildman–Crippen LogP) is 3.51. The fourth-order valence-corrected chi connectivity index (χ4v) is 5.09. The molecule has 0 N–H and O–H groups in total. The largest absolute Gasteiger partial charge is 0.472 e. The lowest BCUT2D eigenvalue weighted by Crippen LogP contribution is -2.40. The van der Waals surface area contributed by atoms with Gasteiger partial charge in [0.15, 0.2) is 0 Å². The zero-order valence-electron chi connectivity index (χ0n) is 16.8. The first-order valence-corrected chi connectivity index (χ1v) is 10.4. The van der Waals surface area contributed by atoms with Crippen LogP contribution in [0.1, 0.15) is 30.3 Å². The maximum atomic E-state index is 6.42. The lowest BCUT2D eigenvalue weighted by Gasteiger charge is -2.38. The van der Waals surface area contributed by atoms with Crippen molar-refractivity contribution < 1.29 is 4.74 Å². The van der Waals surface area contributed by atoms with E-state index in [4.69, 9.17) is 4.74 Å². The van der Waals surface area contributed by atoms with Gasteiger partial charge in [0.05, 0.1) is 6.04 Å². The zero-order chi connectivity index (χ0) is 19.6. The van der Waals surface area contributed by atoms with Gasteiger partial charge in [0.25, 0.3) is 0 Å². The van der Waals surface area contributed by atoms with Crippen molar-refractivity contribution in [2.75, 3.05) is 13.1 Å². The molecule has 0 bridgehead atoms. The maximum Gasteiger partial charge on any atom is 0.213 e. The first-order chi connectivity index (χ1) is 14.3. The van der Waals surface area contributed by atoms with Crippen LogP contribution in [-0.2, 0) is 6.54 Å². The van der Waals surface area contributed by atoms with Crippen molar-refractivity contribution in [2.24, 2.45) is 11.8 Å². The topological polar surface area (TPSA) is 56.1 Å². The summed E-state index contributed by atoms with van der Waals surface area (Å²) in [4.78, 5) is 15.6. The minimum Gasteiger partial charge on any atom is -0.472 e. The second-order valence-electron chi connectivity index (χ2n) is 8.31. The molecule has 0 aromatic carbocycles. The number of aromatic nitrogens is 4. The fourth-order valence-electron chi connectivity index (χ4n) is 5.09. The molecule has 0 radical (unpaired) electrons. The average molecular weight is 390 g/mol. The highest BCUT2D eigenvalue weighted by Gasteiger charge is 2.44. The molecule has 6 nitrogen and oxygen atoms in total. The number of fused-ring (bicyclic) bond motifs is 1. The van der Waals surface area contributed by atoms with Crippen molar-refractivity contribution in [3.63, 3.8) is 0 Å². The molecule has 3 aromatic rings. The Morgan fingerprint density at radius 1 is 0.966 bits per heavy atom. The summed E-state index contributed by atoms with van der Waals surface area (Å²) in [5.41, 5.74) is 1.34. The van der Waals surface area contributed by atoms with Gasteiger partial charge in [-0.15, -0.1) is 0 Å². The highest BCUT2D eigenvalue weighted by Crippen LogP contribution is 2.43. The van der Waals surface area contributed by atoms with E-state index in [-0.39, 0.29) is 6.10 Å². The lowest BCUT2D eigenvalue weighted by molar-refractivity contribution is 0.0504. The van der Waals surface area contributed by atoms with Crippen LogP contribution in [0.2, 0.25) is 0 Å². The standard InChI is InChI=1S/C23H27N5O/c1-17-25-10-11-28(17)21-12-19-15-27(14-18-5-8-24-9-6-18)16-20(19)13-22(21)29-23-4-2-3-7-26-23/h2-11,19-22H,12-16H2,1H3/t19-,20+,21-,22-/m0/s1. The molecule has 1 aliphatic heterocycles. The van der Waals surface area contributed by atoms with Crippen molar-refractivity contribution in [2.45, 2.75) is 38.5 Å². The van der Waals surface area contributed by atoms with Crippen LogP contribution in [0.15, 0.2) is 61.3 Å². The number of hydrogen-bond acceptors (Lipinski definition) is 5. The Bertz CT molecular complexity index is 929. The van der Waals surface area contributed by atoms with Crippen molar-refractivity contribution in [1.29, 1.82) is 0 Å². The van der Waals surface area contributed by atoms with Gasteiger partial charge < -0.3 is 9.30 Å². The number of hydrogen-bond donors (Lipinski definition) is 0. The van der Waals surface area contributed by atoms with E-state index in [1.807, 2.05) is 36.8 Å². The Balaban J connectivity index is 1.35. The number of aryl methyl sites for hydroxylation is 1. The summed E-state index contributed by atoms with van der Waals surface area (Å²) in [6.45, 7) is 5.35. The Labute approximate surface area is 171 Å². The molecule has 3 aromatic heterocycles. The molecule has 1 saturated carbocycles. The molecule has 2 aliphatic rings. The van der Waals surface area contributed by atoms with Gasteiger partial charge in [0, 0.05) is 56.7 Å². The predicted molar refractivity (Wildman–Crippen MR) is 110 cm³/mol. The van der Waals surface area contributed by atoms with E-state index in [0.29, 0.717) is 23.8 Å². The van der Waals surface area contributed by atoms with Crippen LogP contribution in [0.5, 0.6) is 5.88 Å². The van der Waals surface area contributed by atoms with Crippen molar-refractivity contribution in [3.8, 4) is 5.88 Å². The van der Waals surface area contributed by atoms with E-state index in [1.165, 1.54) is 5.56 Å². The second kappa shape index (κ2) is 7.95. The molecule has 1 aliphatic carbocycles. The van der Waals surface area contributed by atoms with Crippen LogP contribution < -0.4 is 4.74 Å². The number of likely N-dealkylation sites (tertiary alicyclic amines) is 1. The van der Waals surface area contributed by atoms with Gasteiger partial charge in [-0.3, -0.25) is 9.88 Å². The highest BCUT2D eigenvalue weighted by molar-refractivity contribution is 5.13. The molecule has 29 heavy (non-hydrogen) atoms. The number of pyridine rings is 2. The zero-order valence-corrected chi connectivity index (χ0v) is 16.8. The molecule has 150 valence electrons. The van der Waals surface area contributed by atoms with E-state index < -0.39 is 0 Å². The first-order valence-electron chi connectivity index (χ1n) is 10.4. The van der Waals surface area contributed by atoms with Crippen LogP contribution in [0.3, 0.4) is 0 Å². The highest BCUT2D eigenvalue weighted by atomic mass is 16.5. The minimum absolute atomic E-state index is 0.111.